The van der Waals surface area contributed by atoms with Gasteiger partial charge in [0, 0.05) is 5.56 Å². The van der Waals surface area contributed by atoms with Gasteiger partial charge in [-0.05, 0) is 12.1 Å². The monoisotopic (exact) mass is 230 g/mol. The number of rotatable bonds is 2. The Kier molecular flexibility index (Phi) is 2.61. The van der Waals surface area contributed by atoms with E-state index in [0.717, 1.165) is 4.57 Å². The number of nitrogens with zero attached hydrogens (tertiary/aromatic N) is 2. The van der Waals surface area contributed by atoms with E-state index in [2.05, 4.69) is 4.98 Å². The first-order valence-corrected chi connectivity index (χ1v) is 4.83. The molecule has 0 radical (unpaired) electrons. The van der Waals surface area contributed by atoms with Crippen LogP contribution < -0.4 is 11.5 Å². The van der Waals surface area contributed by atoms with Gasteiger partial charge >= 0.3 is 0 Å². The fourth-order valence-corrected chi connectivity index (χ4v) is 1.43. The van der Waals surface area contributed by atoms with Crippen molar-refractivity contribution in [2.75, 3.05) is 5.73 Å². The lowest BCUT2D eigenvalue weighted by molar-refractivity contribution is 0.0962. The van der Waals surface area contributed by atoms with Crippen molar-refractivity contribution in [3.63, 3.8) is 0 Å². The Labute approximate surface area is 96.9 Å². The summed E-state index contributed by atoms with van der Waals surface area (Å²) < 4.78 is 1.09. The van der Waals surface area contributed by atoms with Crippen LogP contribution in [-0.2, 0) is 0 Å². The molecule has 0 bridgehead atoms. The lowest BCUT2D eigenvalue weighted by Gasteiger charge is -2.03. The number of hydrogen-bond donors (Lipinski definition) is 2. The van der Waals surface area contributed by atoms with Crippen molar-refractivity contribution in [1.29, 1.82) is 0 Å². The number of primary amides is 1. The first-order chi connectivity index (χ1) is 8.11. The molecule has 0 fully saturated rings. The van der Waals surface area contributed by atoms with E-state index in [-0.39, 0.29) is 17.4 Å². The summed E-state index contributed by atoms with van der Waals surface area (Å²) in [5.41, 5.74) is 11.0. The van der Waals surface area contributed by atoms with Gasteiger partial charge < -0.3 is 11.5 Å². The number of hydrogen-bond acceptors (Lipinski definition) is 4. The Morgan fingerprint density at radius 1 is 1.18 bits per heavy atom. The molecule has 6 nitrogen and oxygen atoms in total. The Bertz CT molecular complexity index is 574. The second-order valence-corrected chi connectivity index (χ2v) is 3.38. The van der Waals surface area contributed by atoms with Crippen LogP contribution in [0.1, 0.15) is 20.8 Å². The number of benzene rings is 1. The van der Waals surface area contributed by atoms with Crippen molar-refractivity contribution in [3.05, 3.63) is 47.9 Å². The van der Waals surface area contributed by atoms with E-state index >= 15 is 0 Å². The first-order valence-electron chi connectivity index (χ1n) is 4.83. The van der Waals surface area contributed by atoms with Crippen LogP contribution in [-0.4, -0.2) is 21.4 Å². The Balaban J connectivity index is 2.42. The molecule has 1 aromatic carbocycles. The van der Waals surface area contributed by atoms with E-state index < -0.39 is 5.91 Å². The highest BCUT2D eigenvalue weighted by atomic mass is 16.2. The fourth-order valence-electron chi connectivity index (χ4n) is 1.43. The van der Waals surface area contributed by atoms with E-state index in [9.17, 15) is 9.59 Å². The standard InChI is InChI=1S/C11H10N4O2/c12-9-8(10(13)16)14-6-15(9)11(17)7-4-2-1-3-5-7/h1-6H,12H2,(H2,13,16). The summed E-state index contributed by atoms with van der Waals surface area (Å²) in [7, 11) is 0. The van der Waals surface area contributed by atoms with Crippen molar-refractivity contribution in [2.24, 2.45) is 5.73 Å². The molecule has 0 atom stereocenters. The summed E-state index contributed by atoms with van der Waals surface area (Å²) in [5, 5.41) is 0. The van der Waals surface area contributed by atoms with Crippen LogP contribution >= 0.6 is 0 Å². The average molecular weight is 230 g/mol. The molecule has 86 valence electrons. The number of carbonyl (C=O) groups excluding carboxylic acids is 2. The molecule has 0 saturated carbocycles. The number of anilines is 1. The lowest BCUT2D eigenvalue weighted by atomic mass is 10.2. The van der Waals surface area contributed by atoms with Gasteiger partial charge in [-0.1, -0.05) is 18.2 Å². The molecule has 6 heteroatoms. The van der Waals surface area contributed by atoms with Gasteiger partial charge in [-0.15, -0.1) is 0 Å². The number of amides is 1. The molecule has 1 heterocycles. The molecule has 0 aliphatic rings. The van der Waals surface area contributed by atoms with Crippen molar-refractivity contribution in [2.45, 2.75) is 0 Å². The quantitative estimate of drug-likeness (QED) is 0.771. The molecular formula is C11H10N4O2. The average Bonchev–Trinajstić information content (AvgIpc) is 2.71. The van der Waals surface area contributed by atoms with Crippen LogP contribution in [0, 0.1) is 0 Å². The molecule has 1 amide bonds. The molecule has 2 rings (SSSR count). The highest BCUT2D eigenvalue weighted by molar-refractivity contribution is 6.01. The van der Waals surface area contributed by atoms with Gasteiger partial charge in [0.25, 0.3) is 11.8 Å². The summed E-state index contributed by atoms with van der Waals surface area (Å²) in [6.07, 6.45) is 1.19. The topological polar surface area (TPSA) is 104 Å². The second-order valence-electron chi connectivity index (χ2n) is 3.38. The molecule has 0 saturated heterocycles. The SMILES string of the molecule is NC(=O)c1ncn(C(=O)c2ccccc2)c1N. The van der Waals surface area contributed by atoms with E-state index in [1.807, 2.05) is 0 Å². The van der Waals surface area contributed by atoms with Crippen LogP contribution in [0.5, 0.6) is 0 Å². The number of carbonyl (C=O) groups is 2. The maximum absolute atomic E-state index is 12.0. The van der Waals surface area contributed by atoms with E-state index in [1.165, 1.54) is 6.33 Å². The Morgan fingerprint density at radius 3 is 2.35 bits per heavy atom. The summed E-state index contributed by atoms with van der Waals surface area (Å²) in [4.78, 5) is 26.6. The zero-order valence-electron chi connectivity index (χ0n) is 8.83. The zero-order chi connectivity index (χ0) is 12.4. The fraction of sp³-hybridized carbons (Fsp3) is 0. The smallest absolute Gasteiger partial charge is 0.271 e. The number of imidazole rings is 1. The summed E-state index contributed by atoms with van der Waals surface area (Å²) >= 11 is 0. The number of nitrogens with two attached hydrogens (primary N) is 2. The van der Waals surface area contributed by atoms with Gasteiger partial charge in [0.2, 0.25) is 0 Å². The normalized spacial score (nSPS) is 10.1. The Morgan fingerprint density at radius 2 is 1.82 bits per heavy atom. The maximum atomic E-state index is 12.0. The van der Waals surface area contributed by atoms with Crippen molar-refractivity contribution >= 4 is 17.6 Å². The molecule has 4 N–H and O–H groups in total. The van der Waals surface area contributed by atoms with Crippen LogP contribution in [0.15, 0.2) is 36.7 Å². The molecule has 0 aliphatic carbocycles. The van der Waals surface area contributed by atoms with Crippen LogP contribution in [0.25, 0.3) is 0 Å². The van der Waals surface area contributed by atoms with Crippen LogP contribution in [0.2, 0.25) is 0 Å². The minimum absolute atomic E-state index is 0.0497. The third kappa shape index (κ3) is 1.87. The summed E-state index contributed by atoms with van der Waals surface area (Å²) in [6.45, 7) is 0. The predicted molar refractivity (Wildman–Crippen MR) is 61.3 cm³/mol. The lowest BCUT2D eigenvalue weighted by Crippen LogP contribution is -2.17. The van der Waals surface area contributed by atoms with Crippen LogP contribution in [0.3, 0.4) is 0 Å². The van der Waals surface area contributed by atoms with E-state index in [1.54, 1.807) is 30.3 Å². The van der Waals surface area contributed by atoms with E-state index in [4.69, 9.17) is 11.5 Å². The number of nitrogen functional groups attached to an aromatic ring is 1. The van der Waals surface area contributed by atoms with Crippen molar-refractivity contribution in [3.8, 4) is 0 Å². The minimum atomic E-state index is -0.762. The predicted octanol–water partition coefficient (Wildman–Crippen LogP) is 0.253. The highest BCUT2D eigenvalue weighted by Gasteiger charge is 2.17. The Hall–Kier alpha value is -2.63. The molecular weight excluding hydrogens is 220 g/mol. The molecule has 0 unspecified atom stereocenters. The summed E-state index contributed by atoms with van der Waals surface area (Å²) in [6, 6.07) is 8.55. The molecule has 17 heavy (non-hydrogen) atoms. The van der Waals surface area contributed by atoms with Crippen LogP contribution in [0.4, 0.5) is 5.82 Å². The minimum Gasteiger partial charge on any atom is -0.383 e. The molecule has 0 spiro atoms. The molecule has 1 aromatic heterocycles. The summed E-state index contributed by atoms with van der Waals surface area (Å²) in [5.74, 6) is -1.17. The van der Waals surface area contributed by atoms with Crippen molar-refractivity contribution in [1.82, 2.24) is 9.55 Å². The molecule has 0 aliphatic heterocycles. The van der Waals surface area contributed by atoms with Gasteiger partial charge in [-0.2, -0.15) is 0 Å². The third-order valence-electron chi connectivity index (χ3n) is 2.28. The van der Waals surface area contributed by atoms with Gasteiger partial charge in [-0.3, -0.25) is 14.2 Å². The van der Waals surface area contributed by atoms with Gasteiger partial charge in [0.15, 0.2) is 5.69 Å². The van der Waals surface area contributed by atoms with Gasteiger partial charge in [-0.25, -0.2) is 4.98 Å². The van der Waals surface area contributed by atoms with Gasteiger partial charge in [0.05, 0.1) is 0 Å². The van der Waals surface area contributed by atoms with Gasteiger partial charge in [0.1, 0.15) is 12.1 Å². The van der Waals surface area contributed by atoms with Crippen molar-refractivity contribution < 1.29 is 9.59 Å². The highest BCUT2D eigenvalue weighted by Crippen LogP contribution is 2.12. The third-order valence-corrected chi connectivity index (χ3v) is 2.28. The second kappa shape index (κ2) is 4.09. The zero-order valence-corrected chi connectivity index (χ0v) is 8.83. The maximum Gasteiger partial charge on any atom is 0.271 e. The van der Waals surface area contributed by atoms with E-state index in [0.29, 0.717) is 5.56 Å². The largest absolute Gasteiger partial charge is 0.383 e. The first kappa shape index (κ1) is 10.9. The molecule has 2 aromatic rings. The number of aromatic nitrogens is 2.